The molecule has 0 spiro atoms. The van der Waals surface area contributed by atoms with E-state index in [1.54, 1.807) is 48.5 Å². The summed E-state index contributed by atoms with van der Waals surface area (Å²) in [6, 6.07) is 14.1. The zero-order valence-electron chi connectivity index (χ0n) is 15.5. The third kappa shape index (κ3) is 7.31. The third-order valence-electron chi connectivity index (χ3n) is 3.89. The van der Waals surface area contributed by atoms with E-state index in [-0.39, 0.29) is 11.8 Å². The van der Waals surface area contributed by atoms with E-state index < -0.39 is 0 Å². The lowest BCUT2D eigenvalue weighted by atomic mass is 10.1. The predicted molar refractivity (Wildman–Crippen MR) is 108 cm³/mol. The van der Waals surface area contributed by atoms with Crippen LogP contribution in [0.2, 0.25) is 5.02 Å². The second kappa shape index (κ2) is 11.2. The summed E-state index contributed by atoms with van der Waals surface area (Å²) in [6.45, 7) is 3.12. The number of para-hydroxylation sites is 1. The normalized spacial score (nSPS) is 10.3. The van der Waals surface area contributed by atoms with Crippen molar-refractivity contribution in [1.29, 1.82) is 0 Å². The number of carbonyl (C=O) groups is 2. The van der Waals surface area contributed by atoms with Gasteiger partial charge in [0.1, 0.15) is 5.75 Å². The minimum atomic E-state index is -0.176. The van der Waals surface area contributed by atoms with Crippen molar-refractivity contribution in [2.24, 2.45) is 0 Å². The number of amides is 2. The highest BCUT2D eigenvalue weighted by Crippen LogP contribution is 2.17. The molecule has 0 radical (unpaired) electrons. The fourth-order valence-corrected chi connectivity index (χ4v) is 2.56. The van der Waals surface area contributed by atoms with E-state index in [4.69, 9.17) is 16.3 Å². The summed E-state index contributed by atoms with van der Waals surface area (Å²) >= 11 is 5.82. The lowest BCUT2D eigenvalue weighted by Crippen LogP contribution is -2.26. The summed E-state index contributed by atoms with van der Waals surface area (Å²) in [7, 11) is 0. The van der Waals surface area contributed by atoms with Crippen LogP contribution < -0.4 is 15.4 Å². The van der Waals surface area contributed by atoms with Crippen LogP contribution in [0.25, 0.3) is 0 Å². The molecule has 27 heavy (non-hydrogen) atoms. The molecule has 0 aromatic heterocycles. The molecule has 0 fully saturated rings. The Morgan fingerprint density at radius 3 is 2.52 bits per heavy atom. The molecule has 5 nitrogen and oxygen atoms in total. The molecule has 2 rings (SSSR count). The molecule has 2 aromatic carbocycles. The van der Waals surface area contributed by atoms with E-state index >= 15 is 0 Å². The first-order valence-electron chi connectivity index (χ1n) is 9.15. The highest BCUT2D eigenvalue weighted by molar-refractivity contribution is 6.30. The van der Waals surface area contributed by atoms with Crippen LogP contribution in [0.3, 0.4) is 0 Å². The zero-order valence-corrected chi connectivity index (χ0v) is 16.2. The summed E-state index contributed by atoms with van der Waals surface area (Å²) in [6.07, 6.45) is 2.81. The molecular weight excluding hydrogens is 364 g/mol. The van der Waals surface area contributed by atoms with Gasteiger partial charge in [0.15, 0.2) is 0 Å². The first kappa shape index (κ1) is 20.8. The van der Waals surface area contributed by atoms with Crippen LogP contribution in [-0.2, 0) is 4.79 Å². The van der Waals surface area contributed by atoms with Crippen LogP contribution in [0.1, 0.15) is 43.0 Å². The van der Waals surface area contributed by atoms with Crippen LogP contribution in [0, 0.1) is 0 Å². The number of ether oxygens (including phenoxy) is 1. The Bertz CT molecular complexity index is 747. The Balaban J connectivity index is 1.79. The first-order valence-corrected chi connectivity index (χ1v) is 9.53. The van der Waals surface area contributed by atoms with Gasteiger partial charge in [0, 0.05) is 18.0 Å². The highest BCUT2D eigenvalue weighted by atomic mass is 35.5. The standard InChI is InChI=1S/C21H25ClN2O3/c1-2-3-14-23-21(26)18-7-4-5-8-19(18)24-20(25)9-6-15-27-17-12-10-16(22)11-13-17/h4-5,7-8,10-13H,2-3,6,9,14-15H2,1H3,(H,23,26)(H,24,25). The minimum absolute atomic E-state index is 0.150. The molecule has 0 saturated heterocycles. The number of nitrogens with one attached hydrogen (secondary N) is 2. The smallest absolute Gasteiger partial charge is 0.253 e. The molecule has 2 aromatic rings. The van der Waals surface area contributed by atoms with Gasteiger partial charge < -0.3 is 15.4 Å². The molecule has 0 aliphatic carbocycles. The topological polar surface area (TPSA) is 67.4 Å². The van der Waals surface area contributed by atoms with Crippen molar-refractivity contribution in [2.75, 3.05) is 18.5 Å². The summed E-state index contributed by atoms with van der Waals surface area (Å²) in [5.74, 6) is 0.392. The lowest BCUT2D eigenvalue weighted by Gasteiger charge is -2.11. The summed E-state index contributed by atoms with van der Waals surface area (Å²) in [5, 5.41) is 6.34. The van der Waals surface area contributed by atoms with E-state index in [2.05, 4.69) is 17.6 Å². The molecule has 0 aliphatic heterocycles. The predicted octanol–water partition coefficient (Wildman–Crippen LogP) is 4.67. The van der Waals surface area contributed by atoms with Crippen molar-refractivity contribution >= 4 is 29.1 Å². The van der Waals surface area contributed by atoms with E-state index in [9.17, 15) is 9.59 Å². The van der Waals surface area contributed by atoms with Gasteiger partial charge in [-0.1, -0.05) is 37.1 Å². The molecule has 2 N–H and O–H groups in total. The van der Waals surface area contributed by atoms with Crippen molar-refractivity contribution < 1.29 is 14.3 Å². The van der Waals surface area contributed by atoms with Crippen molar-refractivity contribution in [3.05, 3.63) is 59.1 Å². The van der Waals surface area contributed by atoms with Gasteiger partial charge in [-0.25, -0.2) is 0 Å². The minimum Gasteiger partial charge on any atom is -0.494 e. The molecule has 0 unspecified atom stereocenters. The van der Waals surface area contributed by atoms with Crippen LogP contribution >= 0.6 is 11.6 Å². The maximum absolute atomic E-state index is 12.3. The molecule has 0 heterocycles. The number of unbranched alkanes of at least 4 members (excludes halogenated alkanes) is 1. The fraction of sp³-hybridized carbons (Fsp3) is 0.333. The largest absolute Gasteiger partial charge is 0.494 e. The molecular formula is C21H25ClN2O3. The number of carbonyl (C=O) groups excluding carboxylic acids is 2. The number of hydrogen-bond donors (Lipinski definition) is 2. The maximum Gasteiger partial charge on any atom is 0.253 e. The number of benzene rings is 2. The first-order chi connectivity index (χ1) is 13.1. The average Bonchev–Trinajstić information content (AvgIpc) is 2.67. The Morgan fingerprint density at radius 1 is 1.04 bits per heavy atom. The van der Waals surface area contributed by atoms with Crippen molar-refractivity contribution in [2.45, 2.75) is 32.6 Å². The highest BCUT2D eigenvalue weighted by Gasteiger charge is 2.12. The lowest BCUT2D eigenvalue weighted by molar-refractivity contribution is -0.116. The molecule has 0 aliphatic rings. The number of anilines is 1. The van der Waals surface area contributed by atoms with Gasteiger partial charge >= 0.3 is 0 Å². The SMILES string of the molecule is CCCCNC(=O)c1ccccc1NC(=O)CCCOc1ccc(Cl)cc1. The number of halogens is 1. The maximum atomic E-state index is 12.3. The number of rotatable bonds is 10. The van der Waals surface area contributed by atoms with Gasteiger partial charge in [-0.2, -0.15) is 0 Å². The molecule has 6 heteroatoms. The van der Waals surface area contributed by atoms with E-state index in [1.807, 2.05) is 0 Å². The van der Waals surface area contributed by atoms with Gasteiger partial charge in [0.2, 0.25) is 5.91 Å². The van der Waals surface area contributed by atoms with E-state index in [1.165, 1.54) is 0 Å². The molecule has 0 bridgehead atoms. The van der Waals surface area contributed by atoms with Gasteiger partial charge in [0.25, 0.3) is 5.91 Å². The van der Waals surface area contributed by atoms with Gasteiger partial charge in [-0.05, 0) is 49.2 Å². The Hall–Kier alpha value is -2.53. The van der Waals surface area contributed by atoms with Crippen molar-refractivity contribution in [1.82, 2.24) is 5.32 Å². The van der Waals surface area contributed by atoms with E-state index in [0.717, 1.165) is 12.8 Å². The third-order valence-corrected chi connectivity index (χ3v) is 4.14. The van der Waals surface area contributed by atoms with E-state index in [0.29, 0.717) is 48.0 Å². The van der Waals surface area contributed by atoms with Gasteiger partial charge in [-0.3, -0.25) is 9.59 Å². The van der Waals surface area contributed by atoms with Crippen LogP contribution in [-0.4, -0.2) is 25.0 Å². The molecule has 144 valence electrons. The monoisotopic (exact) mass is 388 g/mol. The van der Waals surface area contributed by atoms with Gasteiger partial charge in [0.05, 0.1) is 17.9 Å². The second-order valence-electron chi connectivity index (χ2n) is 6.11. The number of hydrogen-bond acceptors (Lipinski definition) is 3. The van der Waals surface area contributed by atoms with Crippen LogP contribution in [0.15, 0.2) is 48.5 Å². The Kier molecular flexibility index (Phi) is 8.65. The van der Waals surface area contributed by atoms with Gasteiger partial charge in [-0.15, -0.1) is 0 Å². The molecule has 2 amide bonds. The average molecular weight is 389 g/mol. The Morgan fingerprint density at radius 2 is 1.78 bits per heavy atom. The van der Waals surface area contributed by atoms with Crippen molar-refractivity contribution in [3.8, 4) is 5.75 Å². The summed E-state index contributed by atoms with van der Waals surface area (Å²) in [4.78, 5) is 24.5. The quantitative estimate of drug-likeness (QED) is 0.581. The summed E-state index contributed by atoms with van der Waals surface area (Å²) in [5.41, 5.74) is 0.995. The van der Waals surface area contributed by atoms with Crippen molar-refractivity contribution in [3.63, 3.8) is 0 Å². The Labute approximate surface area is 165 Å². The molecule has 0 atom stereocenters. The van der Waals surface area contributed by atoms with Crippen LogP contribution in [0.4, 0.5) is 5.69 Å². The zero-order chi connectivity index (χ0) is 19.5. The fourth-order valence-electron chi connectivity index (χ4n) is 2.43. The molecule has 0 saturated carbocycles. The summed E-state index contributed by atoms with van der Waals surface area (Å²) < 4.78 is 5.58. The second-order valence-corrected chi connectivity index (χ2v) is 6.55. The van der Waals surface area contributed by atoms with Crippen LogP contribution in [0.5, 0.6) is 5.75 Å².